The van der Waals surface area contributed by atoms with Crippen molar-refractivity contribution in [3.63, 3.8) is 0 Å². The van der Waals surface area contributed by atoms with Crippen LogP contribution < -0.4 is 0 Å². The van der Waals surface area contributed by atoms with Gasteiger partial charge in [-0.05, 0) is 54.3 Å². The van der Waals surface area contributed by atoms with Gasteiger partial charge in [-0.3, -0.25) is 4.79 Å². The number of carbonyl (C=O) groups excluding carboxylic acids is 1. The third-order valence-electron chi connectivity index (χ3n) is 3.77. The summed E-state index contributed by atoms with van der Waals surface area (Å²) < 4.78 is 0. The van der Waals surface area contributed by atoms with Crippen molar-refractivity contribution in [3.05, 3.63) is 57.3 Å². The first-order valence-corrected chi connectivity index (χ1v) is 7.31. The van der Waals surface area contributed by atoms with Crippen molar-refractivity contribution in [3.8, 4) is 0 Å². The highest BCUT2D eigenvalue weighted by atomic mass is 32.1. The molecule has 18 heavy (non-hydrogen) atoms. The summed E-state index contributed by atoms with van der Waals surface area (Å²) in [4.78, 5) is 13.6. The lowest BCUT2D eigenvalue weighted by Gasteiger charge is -2.24. The first kappa shape index (κ1) is 11.7. The van der Waals surface area contributed by atoms with Gasteiger partial charge in [0.25, 0.3) is 0 Å². The van der Waals surface area contributed by atoms with Gasteiger partial charge in [-0.25, -0.2) is 0 Å². The number of fused-ring (bicyclic) bond motifs is 1. The van der Waals surface area contributed by atoms with Crippen molar-refractivity contribution in [2.75, 3.05) is 0 Å². The standard InChI is InChI=1S/C16H16OS/c1-11-9-10-18-16(11)15(17)14-8-4-6-12-5-2-3-7-13(12)14/h2-3,5,7,9-10,14H,4,6,8H2,1H3. The van der Waals surface area contributed by atoms with E-state index in [1.807, 2.05) is 24.4 Å². The highest BCUT2D eigenvalue weighted by Gasteiger charge is 2.28. The Labute approximate surface area is 111 Å². The van der Waals surface area contributed by atoms with Crippen LogP contribution >= 0.6 is 11.3 Å². The minimum Gasteiger partial charge on any atom is -0.293 e. The molecule has 2 aromatic rings. The summed E-state index contributed by atoms with van der Waals surface area (Å²) >= 11 is 1.58. The fraction of sp³-hybridized carbons (Fsp3) is 0.312. The summed E-state index contributed by atoms with van der Waals surface area (Å²) in [5.41, 5.74) is 3.73. The third kappa shape index (κ3) is 1.91. The molecule has 1 nitrogen and oxygen atoms in total. The number of ketones is 1. The Kier molecular flexibility index (Phi) is 3.04. The summed E-state index contributed by atoms with van der Waals surface area (Å²) in [7, 11) is 0. The number of rotatable bonds is 2. The number of carbonyl (C=O) groups is 1. The molecule has 92 valence electrons. The van der Waals surface area contributed by atoms with E-state index in [1.165, 1.54) is 11.1 Å². The van der Waals surface area contributed by atoms with E-state index in [0.29, 0.717) is 5.78 Å². The van der Waals surface area contributed by atoms with Gasteiger partial charge in [0.15, 0.2) is 5.78 Å². The molecular formula is C16H16OS. The highest BCUT2D eigenvalue weighted by molar-refractivity contribution is 7.12. The zero-order chi connectivity index (χ0) is 12.5. The molecule has 0 saturated carbocycles. The maximum atomic E-state index is 12.7. The molecule has 0 saturated heterocycles. The van der Waals surface area contributed by atoms with Gasteiger partial charge in [-0.15, -0.1) is 11.3 Å². The first-order valence-electron chi connectivity index (χ1n) is 6.43. The van der Waals surface area contributed by atoms with Gasteiger partial charge >= 0.3 is 0 Å². The second-order valence-corrected chi connectivity index (χ2v) is 5.86. The van der Waals surface area contributed by atoms with Crippen LogP contribution in [0.1, 0.15) is 45.1 Å². The van der Waals surface area contributed by atoms with E-state index in [-0.39, 0.29) is 5.92 Å². The van der Waals surface area contributed by atoms with Gasteiger partial charge in [-0.2, -0.15) is 0 Å². The summed E-state index contributed by atoms with van der Waals surface area (Å²) in [6, 6.07) is 10.4. The van der Waals surface area contributed by atoms with Crippen LogP contribution in [0.4, 0.5) is 0 Å². The fourth-order valence-electron chi connectivity index (χ4n) is 2.81. The number of Topliss-reactive ketones (excluding diaryl/α,β-unsaturated/α-hetero) is 1. The molecule has 1 aliphatic rings. The predicted octanol–water partition coefficient (Wildman–Crippen LogP) is 4.36. The van der Waals surface area contributed by atoms with E-state index < -0.39 is 0 Å². The van der Waals surface area contributed by atoms with E-state index >= 15 is 0 Å². The second-order valence-electron chi connectivity index (χ2n) is 4.94. The smallest absolute Gasteiger partial charge is 0.180 e. The van der Waals surface area contributed by atoms with Gasteiger partial charge in [0.1, 0.15) is 0 Å². The van der Waals surface area contributed by atoms with Crippen molar-refractivity contribution < 1.29 is 4.79 Å². The molecule has 1 aromatic heterocycles. The van der Waals surface area contributed by atoms with Gasteiger partial charge in [-0.1, -0.05) is 24.3 Å². The van der Waals surface area contributed by atoms with E-state index in [0.717, 1.165) is 29.7 Å². The summed E-state index contributed by atoms with van der Waals surface area (Å²) in [5, 5.41) is 2.01. The van der Waals surface area contributed by atoms with Crippen molar-refractivity contribution in [1.29, 1.82) is 0 Å². The van der Waals surface area contributed by atoms with Crippen LogP contribution in [0.3, 0.4) is 0 Å². The van der Waals surface area contributed by atoms with Crippen LogP contribution in [0.25, 0.3) is 0 Å². The van der Waals surface area contributed by atoms with Gasteiger partial charge in [0.2, 0.25) is 0 Å². The maximum absolute atomic E-state index is 12.7. The molecule has 0 spiro atoms. The van der Waals surface area contributed by atoms with Crippen LogP contribution in [-0.2, 0) is 6.42 Å². The van der Waals surface area contributed by atoms with Crippen molar-refractivity contribution in [2.45, 2.75) is 32.1 Å². The zero-order valence-electron chi connectivity index (χ0n) is 10.5. The van der Waals surface area contributed by atoms with E-state index in [1.54, 1.807) is 11.3 Å². The minimum atomic E-state index is 0.0762. The first-order chi connectivity index (χ1) is 8.77. The van der Waals surface area contributed by atoms with Crippen LogP contribution in [0, 0.1) is 6.92 Å². The monoisotopic (exact) mass is 256 g/mol. The number of aryl methyl sites for hydroxylation is 2. The number of hydrogen-bond acceptors (Lipinski definition) is 2. The van der Waals surface area contributed by atoms with Crippen molar-refractivity contribution >= 4 is 17.1 Å². The molecule has 0 fully saturated rings. The number of hydrogen-bond donors (Lipinski definition) is 0. The molecule has 3 rings (SSSR count). The number of benzene rings is 1. The largest absolute Gasteiger partial charge is 0.293 e. The van der Waals surface area contributed by atoms with Crippen LogP contribution in [0.2, 0.25) is 0 Å². The highest BCUT2D eigenvalue weighted by Crippen LogP contribution is 2.35. The van der Waals surface area contributed by atoms with Gasteiger partial charge in [0.05, 0.1) is 4.88 Å². The van der Waals surface area contributed by atoms with Crippen LogP contribution in [0.5, 0.6) is 0 Å². The SMILES string of the molecule is Cc1ccsc1C(=O)C1CCCc2ccccc21. The topological polar surface area (TPSA) is 17.1 Å². The average Bonchev–Trinajstić information content (AvgIpc) is 2.83. The van der Waals surface area contributed by atoms with E-state index in [9.17, 15) is 4.79 Å². The lowest BCUT2D eigenvalue weighted by Crippen LogP contribution is -2.18. The third-order valence-corrected chi connectivity index (χ3v) is 4.80. The molecule has 1 unspecified atom stereocenters. The molecule has 0 bridgehead atoms. The molecule has 0 amide bonds. The Balaban J connectivity index is 2.00. The normalized spacial score (nSPS) is 18.4. The Morgan fingerprint density at radius 2 is 2.11 bits per heavy atom. The lowest BCUT2D eigenvalue weighted by atomic mass is 9.80. The zero-order valence-corrected chi connectivity index (χ0v) is 11.3. The molecule has 1 aliphatic carbocycles. The van der Waals surface area contributed by atoms with E-state index in [2.05, 4.69) is 18.2 Å². The molecule has 1 aromatic carbocycles. The van der Waals surface area contributed by atoms with Gasteiger partial charge < -0.3 is 0 Å². The number of thiophene rings is 1. The molecule has 0 radical (unpaired) electrons. The second kappa shape index (κ2) is 4.69. The average molecular weight is 256 g/mol. The molecule has 1 atom stereocenters. The Morgan fingerprint density at radius 3 is 2.89 bits per heavy atom. The Hall–Kier alpha value is -1.41. The molecule has 1 heterocycles. The minimum absolute atomic E-state index is 0.0762. The molecular weight excluding hydrogens is 240 g/mol. The molecule has 0 aliphatic heterocycles. The van der Waals surface area contributed by atoms with E-state index in [4.69, 9.17) is 0 Å². The quantitative estimate of drug-likeness (QED) is 0.730. The van der Waals surface area contributed by atoms with Crippen LogP contribution in [0.15, 0.2) is 35.7 Å². The summed E-state index contributed by atoms with van der Waals surface area (Å²) in [6.45, 7) is 2.03. The Bertz CT molecular complexity index is 582. The summed E-state index contributed by atoms with van der Waals surface area (Å²) in [5.74, 6) is 0.391. The van der Waals surface area contributed by atoms with Gasteiger partial charge in [0, 0.05) is 5.92 Å². The molecule has 0 N–H and O–H groups in total. The predicted molar refractivity (Wildman–Crippen MR) is 75.5 cm³/mol. The fourth-order valence-corrected chi connectivity index (χ4v) is 3.73. The maximum Gasteiger partial charge on any atom is 0.180 e. The van der Waals surface area contributed by atoms with Crippen LogP contribution in [-0.4, -0.2) is 5.78 Å². The molecule has 2 heteroatoms. The summed E-state index contributed by atoms with van der Waals surface area (Å²) in [6.07, 6.45) is 3.23. The Morgan fingerprint density at radius 1 is 1.28 bits per heavy atom. The van der Waals surface area contributed by atoms with Crippen molar-refractivity contribution in [2.24, 2.45) is 0 Å². The lowest BCUT2D eigenvalue weighted by molar-refractivity contribution is 0.0954. The van der Waals surface area contributed by atoms with Crippen molar-refractivity contribution in [1.82, 2.24) is 0 Å².